The predicted molar refractivity (Wildman–Crippen MR) is 123 cm³/mol. The Morgan fingerprint density at radius 3 is 2.53 bits per heavy atom. The number of fused-ring (bicyclic) bond motifs is 1. The molecule has 7 nitrogen and oxygen atoms in total. The van der Waals surface area contributed by atoms with E-state index >= 15 is 0 Å². The van der Waals surface area contributed by atoms with E-state index in [1.165, 1.54) is 0 Å². The smallest absolute Gasteiger partial charge is 0.253 e. The Morgan fingerprint density at radius 1 is 1.03 bits per heavy atom. The number of hydrogen-bond acceptors (Lipinski definition) is 4. The normalized spacial score (nSPS) is 13.2. The maximum Gasteiger partial charge on any atom is 0.253 e. The van der Waals surface area contributed by atoms with E-state index in [0.29, 0.717) is 17.8 Å². The van der Waals surface area contributed by atoms with E-state index in [1.807, 2.05) is 66.2 Å². The van der Waals surface area contributed by atoms with Crippen LogP contribution in [0.1, 0.15) is 34.6 Å². The molecule has 0 unspecified atom stereocenters. The number of nitrogens with one attached hydrogen (secondary N) is 2. The molecule has 0 radical (unpaired) electrons. The molecule has 4 aromatic rings. The van der Waals surface area contributed by atoms with E-state index in [0.717, 1.165) is 40.8 Å². The van der Waals surface area contributed by atoms with Crippen LogP contribution in [0.2, 0.25) is 0 Å². The van der Waals surface area contributed by atoms with Gasteiger partial charge in [-0.2, -0.15) is 0 Å². The highest BCUT2D eigenvalue weighted by molar-refractivity contribution is 6.08. The van der Waals surface area contributed by atoms with Crippen LogP contribution in [0.5, 0.6) is 0 Å². The number of hydrogen-bond donors (Lipinski definition) is 2. The van der Waals surface area contributed by atoms with Gasteiger partial charge in [-0.15, -0.1) is 0 Å². The van der Waals surface area contributed by atoms with Gasteiger partial charge in [0.25, 0.3) is 5.91 Å². The lowest BCUT2D eigenvalue weighted by molar-refractivity contribution is -0.117. The van der Waals surface area contributed by atoms with Crippen molar-refractivity contribution >= 4 is 28.3 Å². The molecule has 1 aliphatic rings. The second-order valence-corrected chi connectivity index (χ2v) is 8.06. The lowest BCUT2D eigenvalue weighted by Crippen LogP contribution is -2.25. The Kier molecular flexibility index (Phi) is 5.15. The zero-order valence-corrected chi connectivity index (χ0v) is 17.7. The van der Waals surface area contributed by atoms with Gasteiger partial charge in [0.1, 0.15) is 11.6 Å². The number of carbonyl (C=O) groups is 2. The summed E-state index contributed by atoms with van der Waals surface area (Å²) in [6, 6.07) is 15.3. The van der Waals surface area contributed by atoms with E-state index in [9.17, 15) is 9.59 Å². The SMILES string of the molecule is Cc1nccn1-c1cc(CNC(=O)c2cc3ccccc3cc2NC(=O)C2CC2)ccn1. The van der Waals surface area contributed by atoms with Crippen LogP contribution in [0.15, 0.2) is 67.1 Å². The zero-order valence-electron chi connectivity index (χ0n) is 17.7. The molecule has 1 saturated carbocycles. The van der Waals surface area contributed by atoms with Crippen LogP contribution < -0.4 is 10.6 Å². The number of amides is 2. The second kappa shape index (κ2) is 8.26. The summed E-state index contributed by atoms with van der Waals surface area (Å²) in [4.78, 5) is 34.1. The van der Waals surface area contributed by atoms with E-state index in [-0.39, 0.29) is 17.7 Å². The van der Waals surface area contributed by atoms with Crippen LogP contribution in [-0.2, 0) is 11.3 Å². The van der Waals surface area contributed by atoms with Gasteiger partial charge in [0.05, 0.1) is 11.3 Å². The van der Waals surface area contributed by atoms with E-state index in [4.69, 9.17) is 0 Å². The molecule has 0 spiro atoms. The lowest BCUT2D eigenvalue weighted by atomic mass is 10.0. The number of carbonyl (C=O) groups excluding carboxylic acids is 2. The second-order valence-electron chi connectivity index (χ2n) is 8.06. The highest BCUT2D eigenvalue weighted by Crippen LogP contribution is 2.32. The van der Waals surface area contributed by atoms with Crippen molar-refractivity contribution in [2.45, 2.75) is 26.3 Å². The highest BCUT2D eigenvalue weighted by atomic mass is 16.2. The van der Waals surface area contributed by atoms with Gasteiger partial charge in [-0.05, 0) is 60.4 Å². The van der Waals surface area contributed by atoms with Gasteiger partial charge in [-0.3, -0.25) is 14.2 Å². The third-order valence-corrected chi connectivity index (χ3v) is 5.67. The number of aromatic nitrogens is 3. The van der Waals surface area contributed by atoms with Crippen molar-refractivity contribution in [1.82, 2.24) is 19.9 Å². The quantitative estimate of drug-likeness (QED) is 0.489. The van der Waals surface area contributed by atoms with E-state index in [2.05, 4.69) is 20.6 Å². The molecular weight excluding hydrogens is 402 g/mol. The molecule has 0 atom stereocenters. The van der Waals surface area contributed by atoms with Gasteiger partial charge in [-0.25, -0.2) is 9.97 Å². The molecule has 1 aliphatic carbocycles. The average Bonchev–Trinajstić information content (AvgIpc) is 3.58. The van der Waals surface area contributed by atoms with Crippen LogP contribution in [0.4, 0.5) is 5.69 Å². The molecule has 2 aromatic heterocycles. The molecule has 2 N–H and O–H groups in total. The van der Waals surface area contributed by atoms with Crippen LogP contribution >= 0.6 is 0 Å². The minimum absolute atomic E-state index is 0.0243. The van der Waals surface area contributed by atoms with Gasteiger partial charge < -0.3 is 10.6 Å². The lowest BCUT2D eigenvalue weighted by Gasteiger charge is -2.14. The van der Waals surface area contributed by atoms with Crippen molar-refractivity contribution in [3.63, 3.8) is 0 Å². The third-order valence-electron chi connectivity index (χ3n) is 5.67. The van der Waals surface area contributed by atoms with Crippen LogP contribution in [0, 0.1) is 12.8 Å². The first kappa shape index (κ1) is 19.9. The molecule has 2 amide bonds. The third kappa shape index (κ3) is 4.09. The summed E-state index contributed by atoms with van der Waals surface area (Å²) in [7, 11) is 0. The number of benzene rings is 2. The van der Waals surface area contributed by atoms with Crippen molar-refractivity contribution in [2.75, 3.05) is 5.32 Å². The maximum atomic E-state index is 13.1. The Labute approximate surface area is 185 Å². The Hall–Kier alpha value is -4.00. The number of pyridine rings is 1. The summed E-state index contributed by atoms with van der Waals surface area (Å²) in [6.07, 6.45) is 7.10. The standard InChI is InChI=1S/C25H23N5O2/c1-16-26-10-11-30(16)23-12-17(8-9-27-23)15-28-25(32)21-13-19-4-2-3-5-20(19)14-22(21)29-24(31)18-6-7-18/h2-5,8-14,18H,6-7,15H2,1H3,(H,28,32)(H,29,31). The molecule has 0 bridgehead atoms. The molecule has 2 aromatic carbocycles. The zero-order chi connectivity index (χ0) is 22.1. The van der Waals surface area contributed by atoms with Gasteiger partial charge in [0.2, 0.25) is 5.91 Å². The topological polar surface area (TPSA) is 88.9 Å². The molecular formula is C25H23N5O2. The molecule has 0 saturated heterocycles. The minimum Gasteiger partial charge on any atom is -0.348 e. The van der Waals surface area contributed by atoms with Crippen molar-refractivity contribution in [1.29, 1.82) is 0 Å². The van der Waals surface area contributed by atoms with Crippen LogP contribution in [-0.4, -0.2) is 26.3 Å². The first-order valence-electron chi connectivity index (χ1n) is 10.7. The molecule has 0 aliphatic heterocycles. The summed E-state index contributed by atoms with van der Waals surface area (Å²) >= 11 is 0. The molecule has 32 heavy (non-hydrogen) atoms. The largest absolute Gasteiger partial charge is 0.348 e. The van der Waals surface area contributed by atoms with Crippen LogP contribution in [0.3, 0.4) is 0 Å². The molecule has 160 valence electrons. The van der Waals surface area contributed by atoms with Gasteiger partial charge in [0, 0.05) is 31.1 Å². The Balaban J connectivity index is 1.38. The number of anilines is 1. The van der Waals surface area contributed by atoms with Gasteiger partial charge >= 0.3 is 0 Å². The Morgan fingerprint density at radius 2 is 1.81 bits per heavy atom. The highest BCUT2D eigenvalue weighted by Gasteiger charge is 2.30. The molecule has 2 heterocycles. The van der Waals surface area contributed by atoms with E-state index < -0.39 is 0 Å². The summed E-state index contributed by atoms with van der Waals surface area (Å²) < 4.78 is 1.89. The van der Waals surface area contributed by atoms with E-state index in [1.54, 1.807) is 12.4 Å². The fraction of sp³-hybridized carbons (Fsp3) is 0.200. The van der Waals surface area contributed by atoms with Crippen molar-refractivity contribution < 1.29 is 9.59 Å². The summed E-state index contributed by atoms with van der Waals surface area (Å²) in [5.41, 5.74) is 1.92. The number of nitrogens with zero attached hydrogens (tertiary/aromatic N) is 3. The number of rotatable bonds is 6. The van der Waals surface area contributed by atoms with Crippen molar-refractivity contribution in [3.05, 3.63) is 84.1 Å². The van der Waals surface area contributed by atoms with Crippen molar-refractivity contribution in [2.24, 2.45) is 5.92 Å². The van der Waals surface area contributed by atoms with Gasteiger partial charge in [0.15, 0.2) is 0 Å². The fourth-order valence-electron chi connectivity index (χ4n) is 3.71. The van der Waals surface area contributed by atoms with Gasteiger partial charge in [-0.1, -0.05) is 24.3 Å². The first-order chi connectivity index (χ1) is 15.6. The maximum absolute atomic E-state index is 13.1. The Bertz CT molecular complexity index is 1320. The first-order valence-corrected chi connectivity index (χ1v) is 10.7. The summed E-state index contributed by atoms with van der Waals surface area (Å²) in [6.45, 7) is 2.25. The number of imidazole rings is 1. The summed E-state index contributed by atoms with van der Waals surface area (Å²) in [5.74, 6) is 1.38. The molecule has 5 rings (SSSR count). The minimum atomic E-state index is -0.237. The predicted octanol–water partition coefficient (Wildman–Crippen LogP) is 4.01. The van der Waals surface area contributed by atoms with Crippen molar-refractivity contribution in [3.8, 4) is 5.82 Å². The molecule has 1 fully saturated rings. The van der Waals surface area contributed by atoms with Crippen LogP contribution in [0.25, 0.3) is 16.6 Å². The fourth-order valence-corrected chi connectivity index (χ4v) is 3.71. The number of aryl methyl sites for hydroxylation is 1. The average molecular weight is 425 g/mol. The summed E-state index contributed by atoms with van der Waals surface area (Å²) in [5, 5.41) is 7.86. The monoisotopic (exact) mass is 425 g/mol. The molecule has 7 heteroatoms.